The van der Waals surface area contributed by atoms with Gasteiger partial charge in [0.25, 0.3) is 5.91 Å². The minimum Gasteiger partial charge on any atom is -0.322 e. The van der Waals surface area contributed by atoms with E-state index in [9.17, 15) is 9.18 Å². The molecule has 2 aromatic rings. The van der Waals surface area contributed by atoms with E-state index >= 15 is 0 Å². The highest BCUT2D eigenvalue weighted by Crippen LogP contribution is 2.23. The predicted octanol–water partition coefficient (Wildman–Crippen LogP) is 3.43. The molecule has 0 radical (unpaired) electrons. The fourth-order valence-corrected chi connectivity index (χ4v) is 2.11. The summed E-state index contributed by atoms with van der Waals surface area (Å²) in [5.41, 5.74) is 3.98. The molecule has 0 aliphatic heterocycles. The molecule has 6 heteroatoms. The molecule has 0 atom stereocenters. The van der Waals surface area contributed by atoms with Crippen molar-refractivity contribution in [3.05, 3.63) is 57.8 Å². The third-order valence-corrected chi connectivity index (χ3v) is 3.69. The average Bonchev–Trinajstić information content (AvgIpc) is 2.42. The second-order valence-electron chi connectivity index (χ2n) is 4.22. The zero-order chi connectivity index (χ0) is 14.7. The molecule has 2 rings (SSSR count). The summed E-state index contributed by atoms with van der Waals surface area (Å²) in [6.45, 7) is 1.94. The van der Waals surface area contributed by atoms with E-state index in [1.807, 2.05) is 13.0 Å². The van der Waals surface area contributed by atoms with Crippen LogP contribution in [0.25, 0.3) is 0 Å². The van der Waals surface area contributed by atoms with Gasteiger partial charge in [-0.25, -0.2) is 4.39 Å². The van der Waals surface area contributed by atoms with Crippen LogP contribution in [0.3, 0.4) is 0 Å². The Labute approximate surface area is 124 Å². The molecule has 2 aromatic carbocycles. The van der Waals surface area contributed by atoms with Crippen molar-refractivity contribution in [1.82, 2.24) is 0 Å². The van der Waals surface area contributed by atoms with E-state index in [1.165, 1.54) is 18.2 Å². The number of hydrogen-bond donors (Lipinski definition) is 3. The van der Waals surface area contributed by atoms with Crippen LogP contribution < -0.4 is 16.6 Å². The molecule has 4 N–H and O–H groups in total. The Morgan fingerprint density at radius 3 is 2.70 bits per heavy atom. The molecular formula is C14H13BrFN3O. The number of nitrogens with two attached hydrogens (primary N) is 1. The topological polar surface area (TPSA) is 67.2 Å². The van der Waals surface area contributed by atoms with Crippen LogP contribution >= 0.6 is 15.9 Å². The lowest BCUT2D eigenvalue weighted by Crippen LogP contribution is -2.18. The number of hydrazine groups is 1. The standard InChI is InChI=1S/C14H13BrFN3O/c1-8-5-6-9(7-11(8)15)18-14(20)10-3-2-4-12(16)13(10)19-17/h2-7,19H,17H2,1H3,(H,18,20). The molecule has 1 amide bonds. The number of nitrogens with one attached hydrogen (secondary N) is 2. The van der Waals surface area contributed by atoms with E-state index in [1.54, 1.807) is 12.1 Å². The molecular weight excluding hydrogens is 325 g/mol. The Balaban J connectivity index is 2.28. The van der Waals surface area contributed by atoms with Crippen LogP contribution in [0.5, 0.6) is 0 Å². The molecule has 0 unspecified atom stereocenters. The highest BCUT2D eigenvalue weighted by Gasteiger charge is 2.14. The third kappa shape index (κ3) is 2.97. The highest BCUT2D eigenvalue weighted by atomic mass is 79.9. The van der Waals surface area contributed by atoms with Crippen LogP contribution in [0, 0.1) is 12.7 Å². The molecule has 0 saturated carbocycles. The first-order valence-electron chi connectivity index (χ1n) is 5.85. The summed E-state index contributed by atoms with van der Waals surface area (Å²) in [7, 11) is 0. The van der Waals surface area contributed by atoms with E-state index in [0.29, 0.717) is 5.69 Å². The zero-order valence-electron chi connectivity index (χ0n) is 10.7. The normalized spacial score (nSPS) is 10.2. The molecule has 104 valence electrons. The summed E-state index contributed by atoms with van der Waals surface area (Å²) in [5.74, 6) is 4.23. The number of carbonyl (C=O) groups excluding carboxylic acids is 1. The smallest absolute Gasteiger partial charge is 0.257 e. The van der Waals surface area contributed by atoms with Gasteiger partial charge in [-0.2, -0.15) is 0 Å². The maximum atomic E-state index is 13.5. The van der Waals surface area contributed by atoms with Gasteiger partial charge < -0.3 is 10.7 Å². The van der Waals surface area contributed by atoms with Gasteiger partial charge in [-0.1, -0.05) is 28.1 Å². The van der Waals surface area contributed by atoms with Crippen LogP contribution in [-0.4, -0.2) is 5.91 Å². The van der Waals surface area contributed by atoms with Gasteiger partial charge in [-0.05, 0) is 36.8 Å². The van der Waals surface area contributed by atoms with Gasteiger partial charge in [0.1, 0.15) is 5.82 Å². The van der Waals surface area contributed by atoms with Crippen molar-refractivity contribution < 1.29 is 9.18 Å². The maximum absolute atomic E-state index is 13.5. The number of para-hydroxylation sites is 1. The zero-order valence-corrected chi connectivity index (χ0v) is 12.3. The van der Waals surface area contributed by atoms with Gasteiger partial charge in [0.05, 0.1) is 11.3 Å². The molecule has 4 nitrogen and oxygen atoms in total. The Hall–Kier alpha value is -1.92. The highest BCUT2D eigenvalue weighted by molar-refractivity contribution is 9.10. The van der Waals surface area contributed by atoms with E-state index in [0.717, 1.165) is 10.0 Å². The number of benzene rings is 2. The van der Waals surface area contributed by atoms with E-state index < -0.39 is 11.7 Å². The van der Waals surface area contributed by atoms with Crippen LogP contribution in [0.2, 0.25) is 0 Å². The molecule has 0 aliphatic carbocycles. The van der Waals surface area contributed by atoms with Gasteiger partial charge in [-0.15, -0.1) is 0 Å². The summed E-state index contributed by atoms with van der Waals surface area (Å²) in [4.78, 5) is 12.2. The van der Waals surface area contributed by atoms with Crippen LogP contribution in [0.4, 0.5) is 15.8 Å². The summed E-state index contributed by atoms with van der Waals surface area (Å²) in [6, 6.07) is 9.60. The molecule has 0 spiro atoms. The van der Waals surface area contributed by atoms with Crippen molar-refractivity contribution in [2.75, 3.05) is 10.7 Å². The van der Waals surface area contributed by atoms with Crippen LogP contribution in [-0.2, 0) is 0 Å². The largest absolute Gasteiger partial charge is 0.322 e. The predicted molar refractivity (Wildman–Crippen MR) is 81.0 cm³/mol. The number of hydrogen-bond acceptors (Lipinski definition) is 3. The third-order valence-electron chi connectivity index (χ3n) is 2.83. The lowest BCUT2D eigenvalue weighted by molar-refractivity contribution is 0.102. The molecule has 0 bridgehead atoms. The second-order valence-corrected chi connectivity index (χ2v) is 5.08. The quantitative estimate of drug-likeness (QED) is 0.593. The van der Waals surface area contributed by atoms with E-state index in [2.05, 4.69) is 26.7 Å². The molecule has 0 heterocycles. The average molecular weight is 338 g/mol. The lowest BCUT2D eigenvalue weighted by atomic mass is 10.1. The summed E-state index contributed by atoms with van der Waals surface area (Å²) in [5, 5.41) is 2.70. The fraction of sp³-hybridized carbons (Fsp3) is 0.0714. The van der Waals surface area contributed by atoms with Crippen molar-refractivity contribution in [2.45, 2.75) is 6.92 Å². The summed E-state index contributed by atoms with van der Waals surface area (Å²) >= 11 is 3.39. The van der Waals surface area contributed by atoms with Gasteiger partial charge in [0.2, 0.25) is 0 Å². The lowest BCUT2D eigenvalue weighted by Gasteiger charge is -2.11. The SMILES string of the molecule is Cc1ccc(NC(=O)c2cccc(F)c2NN)cc1Br. The van der Waals surface area contributed by atoms with Gasteiger partial charge >= 0.3 is 0 Å². The number of halogens is 2. The number of rotatable bonds is 3. The maximum Gasteiger partial charge on any atom is 0.257 e. The van der Waals surface area contributed by atoms with Crippen molar-refractivity contribution in [3.8, 4) is 0 Å². The van der Waals surface area contributed by atoms with Gasteiger partial charge in [0.15, 0.2) is 0 Å². The molecule has 0 aromatic heterocycles. The van der Waals surface area contributed by atoms with Crippen molar-refractivity contribution >= 4 is 33.2 Å². The van der Waals surface area contributed by atoms with E-state index in [4.69, 9.17) is 5.84 Å². The van der Waals surface area contributed by atoms with Crippen molar-refractivity contribution in [2.24, 2.45) is 5.84 Å². The number of carbonyl (C=O) groups is 1. The number of aryl methyl sites for hydroxylation is 1. The minimum absolute atomic E-state index is 0.0313. The Morgan fingerprint density at radius 2 is 2.05 bits per heavy atom. The molecule has 0 aliphatic rings. The van der Waals surface area contributed by atoms with Crippen LogP contribution in [0.1, 0.15) is 15.9 Å². The first-order valence-corrected chi connectivity index (χ1v) is 6.65. The Morgan fingerprint density at radius 1 is 1.30 bits per heavy atom. The first kappa shape index (κ1) is 14.5. The molecule has 0 fully saturated rings. The molecule has 20 heavy (non-hydrogen) atoms. The Bertz CT molecular complexity index is 661. The second kappa shape index (κ2) is 6.02. The Kier molecular flexibility index (Phi) is 4.36. The van der Waals surface area contributed by atoms with Crippen molar-refractivity contribution in [1.29, 1.82) is 0 Å². The number of anilines is 2. The van der Waals surface area contributed by atoms with Gasteiger partial charge in [0, 0.05) is 10.2 Å². The summed E-state index contributed by atoms with van der Waals surface area (Å²) < 4.78 is 14.4. The van der Waals surface area contributed by atoms with E-state index in [-0.39, 0.29) is 11.3 Å². The number of amides is 1. The monoisotopic (exact) mass is 337 g/mol. The minimum atomic E-state index is -0.578. The molecule has 0 saturated heterocycles. The fourth-order valence-electron chi connectivity index (χ4n) is 1.73. The van der Waals surface area contributed by atoms with Crippen LogP contribution in [0.15, 0.2) is 40.9 Å². The first-order chi connectivity index (χ1) is 9.52. The van der Waals surface area contributed by atoms with Crippen molar-refractivity contribution in [3.63, 3.8) is 0 Å². The number of nitrogen functional groups attached to an aromatic ring is 1. The van der Waals surface area contributed by atoms with Gasteiger partial charge in [-0.3, -0.25) is 10.6 Å². The summed E-state index contributed by atoms with van der Waals surface area (Å²) in [6.07, 6.45) is 0.